The molecule has 0 radical (unpaired) electrons. The largest absolute Gasteiger partial charge is 0.356 e. The second-order valence-corrected chi connectivity index (χ2v) is 6.18. The molecule has 98 valence electrons. The van der Waals surface area contributed by atoms with Crippen molar-refractivity contribution in [3.8, 4) is 0 Å². The number of alkyl halides is 1. The summed E-state index contributed by atoms with van der Waals surface area (Å²) in [6, 6.07) is 6.19. The Kier molecular flexibility index (Phi) is 4.75. The minimum Gasteiger partial charge on any atom is -0.356 e. The van der Waals surface area contributed by atoms with E-state index < -0.39 is 0 Å². The number of hydrogen-bond acceptors (Lipinski definition) is 1. The number of halogens is 2. The van der Waals surface area contributed by atoms with Gasteiger partial charge >= 0.3 is 0 Å². The summed E-state index contributed by atoms with van der Waals surface area (Å²) in [6.07, 6.45) is 3.73. The highest BCUT2D eigenvalue weighted by Crippen LogP contribution is 2.29. The van der Waals surface area contributed by atoms with Crippen LogP contribution in [-0.2, 0) is 11.2 Å². The Bertz CT molecular complexity index is 424. The molecule has 1 amide bonds. The average molecular weight is 314 g/mol. The van der Waals surface area contributed by atoms with Gasteiger partial charge in [0.15, 0.2) is 0 Å². The first kappa shape index (κ1) is 13.5. The number of hydrogen-bond donors (Lipinski definition) is 1. The van der Waals surface area contributed by atoms with Crippen LogP contribution >= 0.6 is 15.9 Å². The fourth-order valence-corrected chi connectivity index (χ4v) is 3.15. The Morgan fingerprint density at radius 2 is 2.28 bits per heavy atom. The minimum absolute atomic E-state index is 0.0291. The van der Waals surface area contributed by atoms with E-state index in [2.05, 4.69) is 21.2 Å². The predicted molar refractivity (Wildman–Crippen MR) is 73.2 cm³/mol. The third kappa shape index (κ3) is 4.09. The van der Waals surface area contributed by atoms with Crippen LogP contribution in [0.5, 0.6) is 0 Å². The van der Waals surface area contributed by atoms with E-state index in [1.54, 1.807) is 12.1 Å². The van der Waals surface area contributed by atoms with Gasteiger partial charge in [0.05, 0.1) is 6.42 Å². The van der Waals surface area contributed by atoms with Gasteiger partial charge in [-0.2, -0.15) is 0 Å². The van der Waals surface area contributed by atoms with Crippen LogP contribution in [0.3, 0.4) is 0 Å². The zero-order chi connectivity index (χ0) is 13.0. The molecular weight excluding hydrogens is 297 g/mol. The predicted octanol–water partition coefficient (Wildman–Crippen LogP) is 3.05. The molecule has 1 aliphatic carbocycles. The van der Waals surface area contributed by atoms with E-state index in [1.165, 1.54) is 18.6 Å². The smallest absolute Gasteiger partial charge is 0.224 e. The molecule has 1 N–H and O–H groups in total. The molecule has 1 aliphatic rings. The number of rotatable bonds is 4. The third-order valence-electron chi connectivity index (χ3n) is 3.32. The van der Waals surface area contributed by atoms with Crippen molar-refractivity contribution in [2.75, 3.05) is 6.54 Å². The van der Waals surface area contributed by atoms with E-state index in [4.69, 9.17) is 0 Å². The summed E-state index contributed by atoms with van der Waals surface area (Å²) in [5, 5.41) is 2.93. The molecule has 2 atom stereocenters. The Labute approximate surface area is 115 Å². The van der Waals surface area contributed by atoms with Crippen LogP contribution in [0.1, 0.15) is 24.8 Å². The van der Waals surface area contributed by atoms with Crippen molar-refractivity contribution >= 4 is 21.8 Å². The highest BCUT2D eigenvalue weighted by molar-refractivity contribution is 9.09. The van der Waals surface area contributed by atoms with Gasteiger partial charge in [-0.1, -0.05) is 28.1 Å². The number of nitrogens with one attached hydrogen (secondary N) is 1. The van der Waals surface area contributed by atoms with Crippen LogP contribution in [0.4, 0.5) is 4.39 Å². The summed E-state index contributed by atoms with van der Waals surface area (Å²) in [5.74, 6) is 0.252. The first-order chi connectivity index (χ1) is 8.63. The standard InChI is InChI=1S/C14H17BrFNO/c15-12-5-4-11(6-12)9-17-14(18)8-10-2-1-3-13(16)7-10/h1-3,7,11-12H,4-6,8-9H2,(H,17,18). The normalized spacial score (nSPS) is 23.0. The van der Waals surface area contributed by atoms with E-state index >= 15 is 0 Å². The number of carbonyl (C=O) groups excluding carboxylic acids is 1. The van der Waals surface area contributed by atoms with Gasteiger partial charge in [0.1, 0.15) is 5.82 Å². The molecule has 2 rings (SSSR count). The van der Waals surface area contributed by atoms with Crippen LogP contribution in [0.25, 0.3) is 0 Å². The van der Waals surface area contributed by atoms with Crippen molar-refractivity contribution in [2.24, 2.45) is 5.92 Å². The van der Waals surface area contributed by atoms with E-state index in [9.17, 15) is 9.18 Å². The maximum Gasteiger partial charge on any atom is 0.224 e. The van der Waals surface area contributed by atoms with Crippen molar-refractivity contribution in [2.45, 2.75) is 30.5 Å². The fraction of sp³-hybridized carbons (Fsp3) is 0.500. The number of benzene rings is 1. The topological polar surface area (TPSA) is 29.1 Å². The van der Waals surface area contributed by atoms with Crippen molar-refractivity contribution in [3.05, 3.63) is 35.6 Å². The molecule has 1 saturated carbocycles. The maximum atomic E-state index is 13.0. The van der Waals surface area contributed by atoms with Crippen LogP contribution in [0.15, 0.2) is 24.3 Å². The molecule has 0 saturated heterocycles. The Hall–Kier alpha value is -0.900. The van der Waals surface area contributed by atoms with Crippen molar-refractivity contribution in [1.82, 2.24) is 5.32 Å². The van der Waals surface area contributed by atoms with Crippen molar-refractivity contribution < 1.29 is 9.18 Å². The first-order valence-electron chi connectivity index (χ1n) is 6.28. The molecule has 1 fully saturated rings. The summed E-state index contributed by atoms with van der Waals surface area (Å²) < 4.78 is 13.0. The van der Waals surface area contributed by atoms with Gasteiger partial charge in [0.25, 0.3) is 0 Å². The molecule has 0 aromatic heterocycles. The van der Waals surface area contributed by atoms with E-state index in [0.29, 0.717) is 10.7 Å². The zero-order valence-corrected chi connectivity index (χ0v) is 11.7. The first-order valence-corrected chi connectivity index (χ1v) is 7.20. The zero-order valence-electron chi connectivity index (χ0n) is 10.2. The SMILES string of the molecule is O=C(Cc1cccc(F)c1)NCC1CCC(Br)C1. The minimum atomic E-state index is -0.293. The molecule has 1 aromatic carbocycles. The van der Waals surface area contributed by atoms with Crippen LogP contribution in [0, 0.1) is 11.7 Å². The Morgan fingerprint density at radius 1 is 1.44 bits per heavy atom. The number of carbonyl (C=O) groups is 1. The van der Waals surface area contributed by atoms with Gasteiger partial charge in [0, 0.05) is 11.4 Å². The molecule has 0 bridgehead atoms. The Balaban J connectivity index is 1.75. The highest BCUT2D eigenvalue weighted by Gasteiger charge is 2.22. The second-order valence-electron chi connectivity index (χ2n) is 4.89. The second kappa shape index (κ2) is 6.32. The molecule has 0 aliphatic heterocycles. The Morgan fingerprint density at radius 3 is 2.94 bits per heavy atom. The summed E-state index contributed by atoms with van der Waals surface area (Å²) in [4.78, 5) is 12.3. The van der Waals surface area contributed by atoms with Gasteiger partial charge < -0.3 is 5.32 Å². The molecule has 0 heterocycles. The van der Waals surface area contributed by atoms with E-state index in [1.807, 2.05) is 0 Å². The van der Waals surface area contributed by atoms with Crippen LogP contribution in [-0.4, -0.2) is 17.3 Å². The van der Waals surface area contributed by atoms with Gasteiger partial charge in [-0.3, -0.25) is 4.79 Å². The van der Waals surface area contributed by atoms with Gasteiger partial charge in [0.2, 0.25) is 5.91 Å². The number of amides is 1. The molecule has 2 nitrogen and oxygen atoms in total. The third-order valence-corrected chi connectivity index (χ3v) is 4.15. The average Bonchev–Trinajstić information content (AvgIpc) is 2.73. The van der Waals surface area contributed by atoms with E-state index in [0.717, 1.165) is 24.9 Å². The van der Waals surface area contributed by atoms with Crippen molar-refractivity contribution in [1.29, 1.82) is 0 Å². The van der Waals surface area contributed by atoms with Crippen LogP contribution < -0.4 is 5.32 Å². The molecule has 4 heteroatoms. The lowest BCUT2D eigenvalue weighted by atomic mass is 10.1. The maximum absolute atomic E-state index is 13.0. The lowest BCUT2D eigenvalue weighted by molar-refractivity contribution is -0.120. The lowest BCUT2D eigenvalue weighted by Crippen LogP contribution is -2.29. The fourth-order valence-electron chi connectivity index (χ4n) is 2.35. The summed E-state index contributed by atoms with van der Waals surface area (Å²) in [6.45, 7) is 0.732. The van der Waals surface area contributed by atoms with Crippen LogP contribution in [0.2, 0.25) is 0 Å². The van der Waals surface area contributed by atoms with E-state index in [-0.39, 0.29) is 18.1 Å². The summed E-state index contributed by atoms with van der Waals surface area (Å²) >= 11 is 3.59. The molecule has 0 spiro atoms. The molecular formula is C14H17BrFNO. The molecule has 18 heavy (non-hydrogen) atoms. The quantitative estimate of drug-likeness (QED) is 0.851. The summed E-state index contributed by atoms with van der Waals surface area (Å²) in [7, 11) is 0. The van der Waals surface area contributed by atoms with Gasteiger partial charge in [-0.05, 0) is 42.9 Å². The molecule has 1 aromatic rings. The molecule has 2 unspecified atom stereocenters. The highest BCUT2D eigenvalue weighted by atomic mass is 79.9. The summed E-state index contributed by atoms with van der Waals surface area (Å²) in [5.41, 5.74) is 0.720. The van der Waals surface area contributed by atoms with Gasteiger partial charge in [-0.25, -0.2) is 4.39 Å². The van der Waals surface area contributed by atoms with Crippen molar-refractivity contribution in [3.63, 3.8) is 0 Å². The van der Waals surface area contributed by atoms with Gasteiger partial charge in [-0.15, -0.1) is 0 Å². The monoisotopic (exact) mass is 313 g/mol. The lowest BCUT2D eigenvalue weighted by Gasteiger charge is -2.10.